The zero-order chi connectivity index (χ0) is 17.4. The van der Waals surface area contributed by atoms with Gasteiger partial charge in [0.25, 0.3) is 0 Å². The zero-order valence-corrected chi connectivity index (χ0v) is 15.0. The molecule has 0 aromatic carbocycles. The zero-order valence-electron chi connectivity index (χ0n) is 15.0. The highest BCUT2D eigenvalue weighted by molar-refractivity contribution is 5.97. The van der Waals surface area contributed by atoms with E-state index in [9.17, 15) is 4.79 Å². The van der Waals surface area contributed by atoms with E-state index in [1.54, 1.807) is 10.9 Å². The topological polar surface area (TPSA) is 68.0 Å². The van der Waals surface area contributed by atoms with Gasteiger partial charge in [0, 0.05) is 43.6 Å². The molecule has 4 rings (SSSR count). The highest BCUT2D eigenvalue weighted by Gasteiger charge is 2.33. The molecule has 1 aliphatic heterocycles. The maximum Gasteiger partial charge on any atom is 0.244 e. The molecule has 0 unspecified atom stereocenters. The minimum atomic E-state index is -0.130. The van der Waals surface area contributed by atoms with Crippen LogP contribution in [0.1, 0.15) is 49.9 Å². The highest BCUT2D eigenvalue weighted by Crippen LogP contribution is 2.31. The van der Waals surface area contributed by atoms with Crippen LogP contribution < -0.4 is 10.2 Å². The summed E-state index contributed by atoms with van der Waals surface area (Å²) >= 11 is 0. The second-order valence-corrected chi connectivity index (χ2v) is 7.03. The number of nitrogens with zero attached hydrogens (tertiary/aromatic N) is 5. The fourth-order valence-corrected chi connectivity index (χ4v) is 4.14. The predicted octanol–water partition coefficient (Wildman–Crippen LogP) is 1.80. The first-order chi connectivity index (χ1) is 12.2. The van der Waals surface area contributed by atoms with Crippen LogP contribution in [0.25, 0.3) is 0 Å². The summed E-state index contributed by atoms with van der Waals surface area (Å²) in [6.07, 6.45) is 10.9. The number of nitrogens with one attached hydrogen (secondary N) is 1. The first kappa shape index (κ1) is 16.3. The molecule has 134 valence electrons. The molecule has 1 amide bonds. The van der Waals surface area contributed by atoms with Crippen LogP contribution in [-0.2, 0) is 24.8 Å². The average Bonchev–Trinajstić information content (AvgIpc) is 3.23. The number of piperidine rings is 1. The number of amides is 1. The summed E-state index contributed by atoms with van der Waals surface area (Å²) in [5.74, 6) is 0.161. The van der Waals surface area contributed by atoms with E-state index in [0.29, 0.717) is 0 Å². The second kappa shape index (κ2) is 6.63. The summed E-state index contributed by atoms with van der Waals surface area (Å²) in [5, 5.41) is 12.4. The molecule has 1 N–H and O–H groups in total. The van der Waals surface area contributed by atoms with Gasteiger partial charge in [-0.3, -0.25) is 19.5 Å². The van der Waals surface area contributed by atoms with Gasteiger partial charge in [0.15, 0.2) is 0 Å². The SMILES string of the molecule is CCn1ncc2c1CCC[C@H]2N[C@H]1CCCN(c2cnn(C)c2)C1=O. The van der Waals surface area contributed by atoms with Crippen LogP contribution in [0.15, 0.2) is 18.6 Å². The molecule has 0 spiro atoms. The third-order valence-corrected chi connectivity index (χ3v) is 5.41. The van der Waals surface area contributed by atoms with E-state index in [2.05, 4.69) is 27.1 Å². The minimum absolute atomic E-state index is 0.130. The molecule has 1 fully saturated rings. The Morgan fingerprint density at radius 2 is 2.04 bits per heavy atom. The van der Waals surface area contributed by atoms with Crippen molar-refractivity contribution in [1.82, 2.24) is 24.9 Å². The largest absolute Gasteiger partial charge is 0.308 e. The standard InChI is InChI=1S/C18H26N6O/c1-3-24-17-8-4-6-15(14(17)11-20-24)21-16-7-5-9-23(18(16)25)13-10-19-22(2)12-13/h10-12,15-16,21H,3-9H2,1-2H3/t15-,16+/m1/s1. The Balaban J connectivity index is 1.51. The monoisotopic (exact) mass is 342 g/mol. The Bertz CT molecular complexity index is 763. The maximum absolute atomic E-state index is 13.0. The lowest BCUT2D eigenvalue weighted by Gasteiger charge is -2.35. The second-order valence-electron chi connectivity index (χ2n) is 7.03. The molecule has 0 saturated carbocycles. The van der Waals surface area contributed by atoms with Gasteiger partial charge >= 0.3 is 0 Å². The number of aromatic nitrogens is 4. The van der Waals surface area contributed by atoms with Gasteiger partial charge in [-0.05, 0) is 39.0 Å². The molecule has 3 heterocycles. The highest BCUT2D eigenvalue weighted by atomic mass is 16.2. The van der Waals surface area contributed by atoms with Crippen molar-refractivity contribution in [3.63, 3.8) is 0 Å². The Kier molecular flexibility index (Phi) is 4.33. The van der Waals surface area contributed by atoms with Crippen LogP contribution in [0.4, 0.5) is 5.69 Å². The molecule has 7 nitrogen and oxygen atoms in total. The maximum atomic E-state index is 13.0. The van der Waals surface area contributed by atoms with Crippen molar-refractivity contribution in [1.29, 1.82) is 0 Å². The Morgan fingerprint density at radius 3 is 2.80 bits per heavy atom. The normalized spacial score (nSPS) is 23.8. The molecule has 1 aliphatic carbocycles. The van der Waals surface area contributed by atoms with E-state index >= 15 is 0 Å². The summed E-state index contributed by atoms with van der Waals surface area (Å²) in [6, 6.07) is 0.0988. The number of fused-ring (bicyclic) bond motifs is 1. The molecular formula is C18H26N6O. The van der Waals surface area contributed by atoms with Gasteiger partial charge in [0.2, 0.25) is 5.91 Å². The van der Waals surface area contributed by atoms with E-state index < -0.39 is 0 Å². The molecule has 1 saturated heterocycles. The van der Waals surface area contributed by atoms with Crippen molar-refractivity contribution in [2.75, 3.05) is 11.4 Å². The number of aryl methyl sites for hydroxylation is 2. The van der Waals surface area contributed by atoms with E-state index in [1.807, 2.05) is 24.3 Å². The van der Waals surface area contributed by atoms with Gasteiger partial charge in [-0.1, -0.05) is 0 Å². The number of hydrogen-bond acceptors (Lipinski definition) is 4. The van der Waals surface area contributed by atoms with Gasteiger partial charge in [-0.15, -0.1) is 0 Å². The number of carbonyl (C=O) groups is 1. The third-order valence-electron chi connectivity index (χ3n) is 5.41. The molecule has 2 aromatic heterocycles. The third kappa shape index (κ3) is 2.97. The van der Waals surface area contributed by atoms with Crippen molar-refractivity contribution in [2.24, 2.45) is 7.05 Å². The summed E-state index contributed by atoms with van der Waals surface area (Å²) < 4.78 is 3.83. The Labute approximate surface area is 148 Å². The first-order valence-electron chi connectivity index (χ1n) is 9.28. The number of hydrogen-bond donors (Lipinski definition) is 1. The van der Waals surface area contributed by atoms with Crippen molar-refractivity contribution < 1.29 is 4.79 Å². The molecule has 25 heavy (non-hydrogen) atoms. The predicted molar refractivity (Wildman–Crippen MR) is 95.3 cm³/mol. The minimum Gasteiger partial charge on any atom is -0.308 e. The molecule has 0 radical (unpaired) electrons. The molecule has 7 heteroatoms. The van der Waals surface area contributed by atoms with Crippen LogP contribution in [0, 0.1) is 0 Å². The molecule has 0 bridgehead atoms. The Morgan fingerprint density at radius 1 is 1.20 bits per heavy atom. The van der Waals surface area contributed by atoms with E-state index in [4.69, 9.17) is 0 Å². The number of rotatable bonds is 4. The van der Waals surface area contributed by atoms with E-state index in [-0.39, 0.29) is 18.0 Å². The fraction of sp³-hybridized carbons (Fsp3) is 0.611. The van der Waals surface area contributed by atoms with Crippen LogP contribution >= 0.6 is 0 Å². The summed E-state index contributed by atoms with van der Waals surface area (Å²) in [4.78, 5) is 14.9. The smallest absolute Gasteiger partial charge is 0.244 e. The number of anilines is 1. The molecule has 2 aromatic rings. The molecule has 2 aliphatic rings. The summed E-state index contributed by atoms with van der Waals surface area (Å²) in [7, 11) is 1.88. The van der Waals surface area contributed by atoms with Gasteiger partial charge in [-0.2, -0.15) is 10.2 Å². The Hall–Kier alpha value is -2.15. The quantitative estimate of drug-likeness (QED) is 0.920. The van der Waals surface area contributed by atoms with E-state index in [0.717, 1.165) is 50.9 Å². The molecule has 2 atom stereocenters. The lowest BCUT2D eigenvalue weighted by Crippen LogP contribution is -2.52. The van der Waals surface area contributed by atoms with Crippen molar-refractivity contribution in [2.45, 2.75) is 57.7 Å². The lowest BCUT2D eigenvalue weighted by molar-refractivity contribution is -0.122. The summed E-state index contributed by atoms with van der Waals surface area (Å²) in [6.45, 7) is 3.80. The van der Waals surface area contributed by atoms with Crippen LogP contribution in [-0.4, -0.2) is 38.1 Å². The van der Waals surface area contributed by atoms with Gasteiger partial charge < -0.3 is 4.90 Å². The van der Waals surface area contributed by atoms with Crippen molar-refractivity contribution >= 4 is 11.6 Å². The fourth-order valence-electron chi connectivity index (χ4n) is 4.14. The lowest BCUT2D eigenvalue weighted by atomic mass is 9.91. The van der Waals surface area contributed by atoms with Crippen molar-refractivity contribution in [3.05, 3.63) is 29.8 Å². The van der Waals surface area contributed by atoms with Gasteiger partial charge in [-0.25, -0.2) is 0 Å². The van der Waals surface area contributed by atoms with Crippen LogP contribution in [0.5, 0.6) is 0 Å². The van der Waals surface area contributed by atoms with Crippen LogP contribution in [0.3, 0.4) is 0 Å². The van der Waals surface area contributed by atoms with Crippen LogP contribution in [0.2, 0.25) is 0 Å². The van der Waals surface area contributed by atoms with Gasteiger partial charge in [0.1, 0.15) is 0 Å². The number of carbonyl (C=O) groups excluding carboxylic acids is 1. The summed E-state index contributed by atoms with van der Waals surface area (Å²) in [5.41, 5.74) is 3.50. The van der Waals surface area contributed by atoms with Crippen molar-refractivity contribution in [3.8, 4) is 0 Å². The van der Waals surface area contributed by atoms with E-state index in [1.165, 1.54) is 11.3 Å². The molecular weight excluding hydrogens is 316 g/mol. The van der Waals surface area contributed by atoms with Gasteiger partial charge in [0.05, 0.1) is 24.1 Å². The average molecular weight is 342 g/mol. The first-order valence-corrected chi connectivity index (χ1v) is 9.28.